The molecule has 0 aliphatic carbocycles. The molecule has 0 spiro atoms. The normalized spacial score (nSPS) is 24.5. The summed E-state index contributed by atoms with van der Waals surface area (Å²) in [5.41, 5.74) is 0. The molecule has 0 radical (unpaired) electrons. The van der Waals surface area contributed by atoms with E-state index in [4.69, 9.17) is 0 Å². The maximum absolute atomic E-state index is 3.59. The molecular weight excluding hydrogens is 208 g/mol. The zero-order valence-electron chi connectivity index (χ0n) is 12.2. The van der Waals surface area contributed by atoms with E-state index < -0.39 is 0 Å². The van der Waals surface area contributed by atoms with Gasteiger partial charge in [0.15, 0.2) is 0 Å². The zero-order chi connectivity index (χ0) is 12.5. The van der Waals surface area contributed by atoms with Crippen molar-refractivity contribution in [3.8, 4) is 0 Å². The van der Waals surface area contributed by atoms with Crippen LogP contribution in [-0.4, -0.2) is 37.1 Å². The van der Waals surface area contributed by atoms with Crippen molar-refractivity contribution in [2.45, 2.75) is 65.3 Å². The van der Waals surface area contributed by atoms with Crippen LogP contribution in [-0.2, 0) is 0 Å². The molecule has 0 amide bonds. The molecule has 1 heterocycles. The van der Waals surface area contributed by atoms with Gasteiger partial charge < -0.3 is 5.32 Å². The molecule has 2 nitrogen and oxygen atoms in total. The fourth-order valence-electron chi connectivity index (χ4n) is 2.94. The Labute approximate surface area is 108 Å². The molecule has 1 saturated heterocycles. The maximum Gasteiger partial charge on any atom is 0.0218 e. The lowest BCUT2D eigenvalue weighted by molar-refractivity contribution is 0.191. The third-order valence-electron chi connectivity index (χ3n) is 4.25. The predicted octanol–water partition coefficient (Wildman–Crippen LogP) is 3.28. The van der Waals surface area contributed by atoms with Crippen molar-refractivity contribution in [2.24, 2.45) is 5.92 Å². The predicted molar refractivity (Wildman–Crippen MR) is 76.4 cm³/mol. The molecule has 0 aromatic carbocycles. The third kappa shape index (κ3) is 5.39. The molecule has 0 aromatic rings. The van der Waals surface area contributed by atoms with Crippen molar-refractivity contribution in [1.29, 1.82) is 0 Å². The van der Waals surface area contributed by atoms with Gasteiger partial charge in [0, 0.05) is 12.6 Å². The lowest BCUT2D eigenvalue weighted by atomic mass is 9.98. The number of rotatable bonds is 7. The molecule has 1 fully saturated rings. The van der Waals surface area contributed by atoms with Crippen molar-refractivity contribution in [2.75, 3.05) is 26.2 Å². The highest BCUT2D eigenvalue weighted by molar-refractivity contribution is 4.77. The van der Waals surface area contributed by atoms with Crippen LogP contribution >= 0.6 is 0 Å². The van der Waals surface area contributed by atoms with E-state index in [0.717, 1.165) is 12.0 Å². The van der Waals surface area contributed by atoms with E-state index in [9.17, 15) is 0 Å². The van der Waals surface area contributed by atoms with Gasteiger partial charge >= 0.3 is 0 Å². The van der Waals surface area contributed by atoms with Gasteiger partial charge in [0.25, 0.3) is 0 Å². The average molecular weight is 240 g/mol. The Kier molecular flexibility index (Phi) is 7.87. The van der Waals surface area contributed by atoms with Crippen LogP contribution in [0.1, 0.15) is 59.3 Å². The summed E-state index contributed by atoms with van der Waals surface area (Å²) in [6.07, 6.45) is 8.18. The summed E-state index contributed by atoms with van der Waals surface area (Å²) in [6.45, 7) is 11.9. The van der Waals surface area contributed by atoms with Gasteiger partial charge in [-0.05, 0) is 57.7 Å². The molecule has 1 aliphatic heterocycles. The van der Waals surface area contributed by atoms with E-state index in [1.54, 1.807) is 0 Å². The summed E-state index contributed by atoms with van der Waals surface area (Å²) >= 11 is 0. The van der Waals surface area contributed by atoms with Crippen LogP contribution in [0.2, 0.25) is 0 Å². The lowest BCUT2D eigenvalue weighted by Crippen LogP contribution is -2.42. The van der Waals surface area contributed by atoms with E-state index in [2.05, 4.69) is 31.0 Å². The van der Waals surface area contributed by atoms with Gasteiger partial charge in [0.2, 0.25) is 0 Å². The van der Waals surface area contributed by atoms with Gasteiger partial charge in [-0.2, -0.15) is 0 Å². The minimum Gasteiger partial charge on any atom is -0.315 e. The Morgan fingerprint density at radius 1 is 1.18 bits per heavy atom. The molecule has 17 heavy (non-hydrogen) atoms. The number of hydrogen-bond donors (Lipinski definition) is 1. The Morgan fingerprint density at radius 2 is 2.00 bits per heavy atom. The quantitative estimate of drug-likeness (QED) is 0.687. The first kappa shape index (κ1) is 15.0. The molecule has 2 unspecified atom stereocenters. The highest BCUT2D eigenvalue weighted by atomic mass is 15.2. The standard InChI is InChI=1S/C15H32N2/c1-4-10-16-13-15(6-3)17-11-7-8-14(5-2)9-12-17/h14-16H,4-13H2,1-3H3. The molecule has 2 atom stereocenters. The van der Waals surface area contributed by atoms with Crippen LogP contribution < -0.4 is 5.32 Å². The molecule has 102 valence electrons. The summed E-state index contributed by atoms with van der Waals surface area (Å²) < 4.78 is 0. The first-order valence-corrected chi connectivity index (χ1v) is 7.76. The van der Waals surface area contributed by atoms with Gasteiger partial charge in [-0.25, -0.2) is 0 Å². The number of nitrogens with zero attached hydrogens (tertiary/aromatic N) is 1. The number of nitrogens with one attached hydrogen (secondary N) is 1. The molecule has 1 N–H and O–H groups in total. The molecule has 0 bridgehead atoms. The minimum absolute atomic E-state index is 0.761. The summed E-state index contributed by atoms with van der Waals surface area (Å²) in [5.74, 6) is 0.987. The Balaban J connectivity index is 2.34. The van der Waals surface area contributed by atoms with Crippen molar-refractivity contribution in [1.82, 2.24) is 10.2 Å². The topological polar surface area (TPSA) is 15.3 Å². The van der Waals surface area contributed by atoms with Gasteiger partial charge in [-0.1, -0.05) is 27.2 Å². The van der Waals surface area contributed by atoms with Crippen molar-refractivity contribution in [3.63, 3.8) is 0 Å². The van der Waals surface area contributed by atoms with E-state index in [1.807, 2.05) is 0 Å². The minimum atomic E-state index is 0.761. The third-order valence-corrected chi connectivity index (χ3v) is 4.25. The second-order valence-corrected chi connectivity index (χ2v) is 5.51. The summed E-state index contributed by atoms with van der Waals surface area (Å²) in [4.78, 5) is 2.73. The van der Waals surface area contributed by atoms with Crippen LogP contribution in [0.15, 0.2) is 0 Å². The van der Waals surface area contributed by atoms with Gasteiger partial charge in [-0.15, -0.1) is 0 Å². The van der Waals surface area contributed by atoms with E-state index in [1.165, 1.54) is 64.7 Å². The molecule has 0 saturated carbocycles. The van der Waals surface area contributed by atoms with Crippen LogP contribution in [0.25, 0.3) is 0 Å². The Morgan fingerprint density at radius 3 is 2.65 bits per heavy atom. The Hall–Kier alpha value is -0.0800. The summed E-state index contributed by atoms with van der Waals surface area (Å²) in [6, 6.07) is 0.761. The van der Waals surface area contributed by atoms with Crippen LogP contribution in [0.3, 0.4) is 0 Å². The first-order chi connectivity index (χ1) is 8.31. The zero-order valence-corrected chi connectivity index (χ0v) is 12.2. The highest BCUT2D eigenvalue weighted by Gasteiger charge is 2.20. The van der Waals surface area contributed by atoms with Crippen molar-refractivity contribution < 1.29 is 0 Å². The largest absolute Gasteiger partial charge is 0.315 e. The second kappa shape index (κ2) is 8.93. The molecule has 0 aromatic heterocycles. The van der Waals surface area contributed by atoms with Crippen LogP contribution in [0, 0.1) is 5.92 Å². The molecule has 2 heteroatoms. The molecule has 1 aliphatic rings. The van der Waals surface area contributed by atoms with Crippen LogP contribution in [0.5, 0.6) is 0 Å². The average Bonchev–Trinajstić information content (AvgIpc) is 2.60. The molecule has 1 rings (SSSR count). The summed E-state index contributed by atoms with van der Waals surface area (Å²) in [7, 11) is 0. The monoisotopic (exact) mass is 240 g/mol. The summed E-state index contributed by atoms with van der Waals surface area (Å²) in [5, 5.41) is 3.59. The van der Waals surface area contributed by atoms with Gasteiger partial charge in [0.1, 0.15) is 0 Å². The second-order valence-electron chi connectivity index (χ2n) is 5.51. The van der Waals surface area contributed by atoms with Crippen molar-refractivity contribution >= 4 is 0 Å². The van der Waals surface area contributed by atoms with Crippen LogP contribution in [0.4, 0.5) is 0 Å². The Bertz CT molecular complexity index is 182. The fraction of sp³-hybridized carbons (Fsp3) is 1.00. The molecular formula is C15H32N2. The first-order valence-electron chi connectivity index (χ1n) is 7.76. The van der Waals surface area contributed by atoms with E-state index in [-0.39, 0.29) is 0 Å². The smallest absolute Gasteiger partial charge is 0.0218 e. The number of hydrogen-bond acceptors (Lipinski definition) is 2. The van der Waals surface area contributed by atoms with E-state index >= 15 is 0 Å². The van der Waals surface area contributed by atoms with Gasteiger partial charge in [-0.3, -0.25) is 4.90 Å². The van der Waals surface area contributed by atoms with Gasteiger partial charge in [0.05, 0.1) is 0 Å². The van der Waals surface area contributed by atoms with Crippen molar-refractivity contribution in [3.05, 3.63) is 0 Å². The fourth-order valence-corrected chi connectivity index (χ4v) is 2.94. The number of likely N-dealkylation sites (tertiary alicyclic amines) is 1. The SMILES string of the molecule is CCCNCC(CC)N1CCCC(CC)CC1. The maximum atomic E-state index is 3.59. The highest BCUT2D eigenvalue weighted by Crippen LogP contribution is 2.21. The van der Waals surface area contributed by atoms with E-state index in [0.29, 0.717) is 0 Å². The lowest BCUT2D eigenvalue weighted by Gasteiger charge is -2.30.